The second kappa shape index (κ2) is 7.98. The van der Waals surface area contributed by atoms with Crippen LogP contribution in [0.25, 0.3) is 0 Å². The molecule has 22 heavy (non-hydrogen) atoms. The molecule has 2 aliphatic rings. The first-order chi connectivity index (χ1) is 10.9. The van der Waals surface area contributed by atoms with E-state index < -0.39 is 0 Å². The lowest BCUT2D eigenvalue weighted by molar-refractivity contribution is 0.163. The van der Waals surface area contributed by atoms with E-state index in [2.05, 4.69) is 46.3 Å². The van der Waals surface area contributed by atoms with Crippen molar-refractivity contribution in [3.05, 3.63) is 29.8 Å². The molecule has 1 atom stereocenters. The molecule has 3 heteroatoms. The van der Waals surface area contributed by atoms with Gasteiger partial charge in [-0.05, 0) is 37.0 Å². The standard InChI is InChI=1S/C19H31N3/c1-2-3-6-19(22-15-11-20-12-16-22)17-7-9-18(10-8-17)21-13-4-5-14-21/h7-10,19-20H,2-6,11-16H2,1H3/t19-/m0/s1. The predicted molar refractivity (Wildman–Crippen MR) is 94.6 cm³/mol. The Morgan fingerprint density at radius 1 is 1.00 bits per heavy atom. The molecule has 0 aromatic heterocycles. The van der Waals surface area contributed by atoms with Gasteiger partial charge in [-0.25, -0.2) is 0 Å². The van der Waals surface area contributed by atoms with Crippen LogP contribution in [0.1, 0.15) is 50.6 Å². The van der Waals surface area contributed by atoms with E-state index >= 15 is 0 Å². The zero-order valence-electron chi connectivity index (χ0n) is 14.1. The number of anilines is 1. The van der Waals surface area contributed by atoms with Crippen LogP contribution in [0.2, 0.25) is 0 Å². The molecule has 0 spiro atoms. The first-order valence-corrected chi connectivity index (χ1v) is 9.18. The molecule has 2 fully saturated rings. The summed E-state index contributed by atoms with van der Waals surface area (Å²) in [6, 6.07) is 10.1. The second-order valence-electron chi connectivity index (χ2n) is 6.73. The normalized spacial score (nSPS) is 21.2. The Balaban J connectivity index is 1.71. The van der Waals surface area contributed by atoms with E-state index in [1.807, 2.05) is 0 Å². The molecule has 0 unspecified atom stereocenters. The Hall–Kier alpha value is -1.06. The van der Waals surface area contributed by atoms with E-state index in [-0.39, 0.29) is 0 Å². The zero-order chi connectivity index (χ0) is 15.2. The lowest BCUT2D eigenvalue weighted by atomic mass is 9.98. The Labute approximate surface area is 135 Å². The van der Waals surface area contributed by atoms with Gasteiger partial charge in [0, 0.05) is 51.0 Å². The summed E-state index contributed by atoms with van der Waals surface area (Å²) in [6.45, 7) is 9.39. The highest BCUT2D eigenvalue weighted by molar-refractivity contribution is 5.48. The third kappa shape index (κ3) is 3.82. The van der Waals surface area contributed by atoms with Crippen molar-refractivity contribution in [3.63, 3.8) is 0 Å². The average Bonchev–Trinajstić information content (AvgIpc) is 3.11. The molecule has 1 aromatic carbocycles. The predicted octanol–water partition coefficient (Wildman–Crippen LogP) is 3.42. The van der Waals surface area contributed by atoms with Gasteiger partial charge in [0.25, 0.3) is 0 Å². The van der Waals surface area contributed by atoms with E-state index in [9.17, 15) is 0 Å². The Kier molecular flexibility index (Phi) is 5.74. The van der Waals surface area contributed by atoms with Crippen molar-refractivity contribution < 1.29 is 0 Å². The van der Waals surface area contributed by atoms with E-state index in [4.69, 9.17) is 0 Å². The Bertz CT molecular complexity index is 430. The maximum atomic E-state index is 3.48. The van der Waals surface area contributed by atoms with Crippen LogP contribution in [0.15, 0.2) is 24.3 Å². The molecular formula is C19H31N3. The molecular weight excluding hydrogens is 270 g/mol. The van der Waals surface area contributed by atoms with Gasteiger partial charge in [0.2, 0.25) is 0 Å². The molecule has 3 nitrogen and oxygen atoms in total. The largest absolute Gasteiger partial charge is 0.372 e. The van der Waals surface area contributed by atoms with Gasteiger partial charge in [0.1, 0.15) is 0 Å². The number of benzene rings is 1. The summed E-state index contributed by atoms with van der Waals surface area (Å²) in [7, 11) is 0. The number of hydrogen-bond acceptors (Lipinski definition) is 3. The van der Waals surface area contributed by atoms with Crippen LogP contribution in [0, 0.1) is 0 Å². The summed E-state index contributed by atoms with van der Waals surface area (Å²) in [5.74, 6) is 0. The molecule has 0 bridgehead atoms. The minimum absolute atomic E-state index is 0.606. The van der Waals surface area contributed by atoms with E-state index in [1.54, 1.807) is 0 Å². The third-order valence-corrected chi connectivity index (χ3v) is 5.17. The van der Waals surface area contributed by atoms with Gasteiger partial charge in [-0.15, -0.1) is 0 Å². The molecule has 0 aliphatic carbocycles. The molecule has 0 radical (unpaired) electrons. The van der Waals surface area contributed by atoms with Gasteiger partial charge in [-0.1, -0.05) is 31.9 Å². The molecule has 2 heterocycles. The molecule has 3 rings (SSSR count). The SMILES string of the molecule is CCCC[C@@H](c1ccc(N2CCCC2)cc1)N1CCNCC1. The van der Waals surface area contributed by atoms with Crippen LogP contribution in [0.4, 0.5) is 5.69 Å². The topological polar surface area (TPSA) is 18.5 Å². The molecule has 122 valence electrons. The minimum Gasteiger partial charge on any atom is -0.372 e. The van der Waals surface area contributed by atoms with Crippen LogP contribution in [0.3, 0.4) is 0 Å². The molecule has 2 aliphatic heterocycles. The van der Waals surface area contributed by atoms with Crippen molar-refractivity contribution in [2.45, 2.75) is 45.1 Å². The van der Waals surface area contributed by atoms with E-state index in [1.165, 1.54) is 69.5 Å². The molecule has 0 amide bonds. The molecule has 0 saturated carbocycles. The summed E-state index contributed by atoms with van der Waals surface area (Å²) < 4.78 is 0. The number of nitrogens with zero attached hydrogens (tertiary/aromatic N) is 2. The van der Waals surface area contributed by atoms with Crippen molar-refractivity contribution in [3.8, 4) is 0 Å². The van der Waals surface area contributed by atoms with Crippen molar-refractivity contribution in [1.82, 2.24) is 10.2 Å². The quantitative estimate of drug-likeness (QED) is 0.868. The fraction of sp³-hybridized carbons (Fsp3) is 0.684. The zero-order valence-corrected chi connectivity index (χ0v) is 14.1. The van der Waals surface area contributed by atoms with Crippen molar-refractivity contribution in [2.24, 2.45) is 0 Å². The van der Waals surface area contributed by atoms with Crippen molar-refractivity contribution in [1.29, 1.82) is 0 Å². The highest BCUT2D eigenvalue weighted by atomic mass is 15.2. The fourth-order valence-electron chi connectivity index (χ4n) is 3.83. The number of unbranched alkanes of at least 4 members (excludes halogenated alkanes) is 1. The van der Waals surface area contributed by atoms with Crippen LogP contribution < -0.4 is 10.2 Å². The maximum Gasteiger partial charge on any atom is 0.0366 e. The van der Waals surface area contributed by atoms with Crippen LogP contribution in [0.5, 0.6) is 0 Å². The molecule has 2 saturated heterocycles. The maximum absolute atomic E-state index is 3.48. The van der Waals surface area contributed by atoms with Crippen molar-refractivity contribution >= 4 is 5.69 Å². The van der Waals surface area contributed by atoms with E-state index in [0.717, 1.165) is 13.1 Å². The van der Waals surface area contributed by atoms with Gasteiger partial charge in [0.05, 0.1) is 0 Å². The summed E-state index contributed by atoms with van der Waals surface area (Å²) in [6.07, 6.45) is 6.60. The number of rotatable bonds is 6. The van der Waals surface area contributed by atoms with Gasteiger partial charge in [-0.2, -0.15) is 0 Å². The summed E-state index contributed by atoms with van der Waals surface area (Å²) in [5, 5.41) is 3.48. The lowest BCUT2D eigenvalue weighted by Gasteiger charge is -2.35. The highest BCUT2D eigenvalue weighted by Gasteiger charge is 2.22. The van der Waals surface area contributed by atoms with Crippen LogP contribution in [-0.2, 0) is 0 Å². The number of piperazine rings is 1. The van der Waals surface area contributed by atoms with Crippen LogP contribution >= 0.6 is 0 Å². The fourth-order valence-corrected chi connectivity index (χ4v) is 3.83. The third-order valence-electron chi connectivity index (χ3n) is 5.17. The minimum atomic E-state index is 0.606. The Morgan fingerprint density at radius 2 is 1.68 bits per heavy atom. The highest BCUT2D eigenvalue weighted by Crippen LogP contribution is 2.29. The van der Waals surface area contributed by atoms with Gasteiger partial charge < -0.3 is 10.2 Å². The van der Waals surface area contributed by atoms with Gasteiger partial charge in [-0.3, -0.25) is 4.90 Å². The van der Waals surface area contributed by atoms with Gasteiger partial charge >= 0.3 is 0 Å². The Morgan fingerprint density at radius 3 is 2.32 bits per heavy atom. The number of hydrogen-bond donors (Lipinski definition) is 1. The van der Waals surface area contributed by atoms with E-state index in [0.29, 0.717) is 6.04 Å². The summed E-state index contributed by atoms with van der Waals surface area (Å²) in [4.78, 5) is 5.20. The lowest BCUT2D eigenvalue weighted by Crippen LogP contribution is -2.45. The first-order valence-electron chi connectivity index (χ1n) is 9.18. The summed E-state index contributed by atoms with van der Waals surface area (Å²) >= 11 is 0. The van der Waals surface area contributed by atoms with Crippen molar-refractivity contribution in [2.75, 3.05) is 44.2 Å². The van der Waals surface area contributed by atoms with Crippen LogP contribution in [-0.4, -0.2) is 44.2 Å². The molecule has 1 aromatic rings. The smallest absolute Gasteiger partial charge is 0.0366 e. The molecule has 1 N–H and O–H groups in total. The number of nitrogens with one attached hydrogen (secondary N) is 1. The monoisotopic (exact) mass is 301 g/mol. The second-order valence-corrected chi connectivity index (χ2v) is 6.73. The van der Waals surface area contributed by atoms with Gasteiger partial charge in [0.15, 0.2) is 0 Å². The summed E-state index contributed by atoms with van der Waals surface area (Å²) in [5.41, 5.74) is 2.93. The first kappa shape index (κ1) is 15.8. The average molecular weight is 301 g/mol.